The first kappa shape index (κ1) is 35.9. The normalized spacial score (nSPS) is 12.9. The van der Waals surface area contributed by atoms with Crippen molar-refractivity contribution >= 4 is 74.6 Å². The van der Waals surface area contributed by atoms with E-state index in [0.29, 0.717) is 0 Å². The van der Waals surface area contributed by atoms with Gasteiger partial charge in [0.2, 0.25) is 0 Å². The van der Waals surface area contributed by atoms with Gasteiger partial charge in [-0.3, -0.25) is 0 Å². The molecule has 1 aliphatic rings. The van der Waals surface area contributed by atoms with Crippen LogP contribution in [0.1, 0.15) is 0 Å². The van der Waals surface area contributed by atoms with Gasteiger partial charge in [0, 0.05) is 0 Å². The fourth-order valence-electron chi connectivity index (χ4n) is 10.6. The Labute approximate surface area is 367 Å². The molecule has 0 atom stereocenters. The van der Waals surface area contributed by atoms with E-state index in [1.807, 2.05) is 0 Å². The average molecular weight is 864 g/mol. The number of rotatable bonds is 6. The van der Waals surface area contributed by atoms with Gasteiger partial charge in [0.05, 0.1) is 0 Å². The molecule has 0 amide bonds. The Morgan fingerprint density at radius 3 is 1.54 bits per heavy atom. The summed E-state index contributed by atoms with van der Waals surface area (Å²) in [7, 11) is 0. The molecular weight excluding hydrogens is 825 g/mol. The average Bonchev–Trinajstić information content (AvgIpc) is 3.98. The maximum absolute atomic E-state index is 5.95. The van der Waals surface area contributed by atoms with Crippen molar-refractivity contribution in [2.45, 2.75) is 0 Å². The minimum atomic E-state index is -3.77. The van der Waals surface area contributed by atoms with Crippen molar-refractivity contribution in [3.63, 3.8) is 0 Å². The number of para-hydroxylation sites is 4. The van der Waals surface area contributed by atoms with Gasteiger partial charge in [-0.2, -0.15) is 0 Å². The minimum absolute atomic E-state index is 0.725. The molecule has 9 aromatic carbocycles. The molecule has 4 nitrogen and oxygen atoms in total. The van der Waals surface area contributed by atoms with E-state index in [4.69, 9.17) is 9.97 Å². The SMILES string of the molecule is c1ccc(-c2nc(-c3ccccc3-n3c4ccccc4c4cc5c6ccccc6n(-c6ccccc6)c5cc43)n[c]3c2-c2cccc[c]2[Ge]3([c]2ccccc2)[c]2ccccc2)cc1. The number of hydrogen-bond donors (Lipinski definition) is 0. The monoisotopic (exact) mass is 864 g/mol. The number of hydrogen-bond acceptors (Lipinski definition) is 2. The molecule has 5 heteroatoms. The molecule has 63 heavy (non-hydrogen) atoms. The van der Waals surface area contributed by atoms with Crippen LogP contribution in [-0.4, -0.2) is 32.4 Å². The number of aromatic nitrogens is 4. The maximum atomic E-state index is 5.95. The van der Waals surface area contributed by atoms with Crippen LogP contribution in [-0.2, 0) is 0 Å². The molecule has 0 aliphatic carbocycles. The Hall–Kier alpha value is -7.80. The van der Waals surface area contributed by atoms with Crippen LogP contribution in [0.25, 0.3) is 88.8 Å². The fourth-order valence-corrected chi connectivity index (χ4v) is 21.1. The van der Waals surface area contributed by atoms with Crippen molar-refractivity contribution in [1.29, 1.82) is 0 Å². The molecule has 0 bridgehead atoms. The Balaban J connectivity index is 1.14. The van der Waals surface area contributed by atoms with Gasteiger partial charge in [-0.15, -0.1) is 0 Å². The van der Waals surface area contributed by atoms with Gasteiger partial charge in [-0.1, -0.05) is 30.3 Å². The van der Waals surface area contributed by atoms with Crippen LogP contribution in [0.4, 0.5) is 0 Å². The summed E-state index contributed by atoms with van der Waals surface area (Å²) in [6.45, 7) is 0. The molecule has 13 rings (SSSR count). The standard InChI is InChI=1S/C58H38GeN4/c1-5-21-39(22-6-1)56-55-45-31-13-17-33-49(45)59(40-23-7-2-8-24-40,41-25-9-3-10-26-41)57(55)61-58(60-56)46-32-16-20-36-52(46)63-51-35-19-15-30-44(51)48-37-47-43-29-14-18-34-50(43)62(53(47)38-54(48)63)42-27-11-4-12-28-42/h1-38H. The molecule has 1 aliphatic heterocycles. The second-order valence-electron chi connectivity index (χ2n) is 16.5. The molecule has 3 aromatic heterocycles. The van der Waals surface area contributed by atoms with Crippen molar-refractivity contribution in [3.05, 3.63) is 231 Å². The Kier molecular flexibility index (Phi) is 8.05. The molecule has 0 saturated carbocycles. The van der Waals surface area contributed by atoms with Crippen molar-refractivity contribution in [2.24, 2.45) is 0 Å². The molecule has 0 spiro atoms. The number of nitrogens with zero attached hydrogens (tertiary/aromatic N) is 4. The van der Waals surface area contributed by atoms with E-state index in [0.717, 1.165) is 56.1 Å². The van der Waals surface area contributed by atoms with E-state index < -0.39 is 13.3 Å². The molecule has 0 radical (unpaired) electrons. The second-order valence-corrected chi connectivity index (χ2v) is 24.2. The van der Waals surface area contributed by atoms with Crippen molar-refractivity contribution < 1.29 is 0 Å². The zero-order valence-corrected chi connectivity index (χ0v) is 36.3. The summed E-state index contributed by atoms with van der Waals surface area (Å²) in [5.74, 6) is 0.725. The van der Waals surface area contributed by atoms with Crippen LogP contribution in [0.3, 0.4) is 0 Å². The van der Waals surface area contributed by atoms with E-state index in [1.54, 1.807) is 0 Å². The zero-order valence-electron chi connectivity index (χ0n) is 34.2. The van der Waals surface area contributed by atoms with Crippen molar-refractivity contribution in [3.8, 4) is 45.1 Å². The molecule has 294 valence electrons. The van der Waals surface area contributed by atoms with Crippen LogP contribution in [0.15, 0.2) is 231 Å². The Bertz CT molecular complexity index is 3690. The number of fused-ring (bicyclic) bond motifs is 9. The van der Waals surface area contributed by atoms with Crippen LogP contribution < -0.4 is 17.7 Å². The third-order valence-electron chi connectivity index (χ3n) is 13.2. The molecule has 12 aromatic rings. The van der Waals surface area contributed by atoms with Crippen LogP contribution in [0.2, 0.25) is 0 Å². The molecule has 0 fully saturated rings. The van der Waals surface area contributed by atoms with Gasteiger partial charge in [0.1, 0.15) is 0 Å². The first-order valence-corrected chi connectivity index (χ1v) is 25.8. The topological polar surface area (TPSA) is 35.6 Å². The van der Waals surface area contributed by atoms with Gasteiger partial charge >= 0.3 is 339 Å². The molecule has 0 unspecified atom stereocenters. The first-order chi connectivity index (χ1) is 31.3. The third-order valence-corrected chi connectivity index (χ3v) is 23.1. The van der Waals surface area contributed by atoms with E-state index in [2.05, 4.69) is 240 Å². The van der Waals surface area contributed by atoms with Crippen molar-refractivity contribution in [2.75, 3.05) is 0 Å². The summed E-state index contributed by atoms with van der Waals surface area (Å²) < 4.78 is 10.1. The molecule has 0 N–H and O–H groups in total. The Morgan fingerprint density at radius 1 is 0.365 bits per heavy atom. The summed E-state index contributed by atoms with van der Waals surface area (Å²) >= 11 is -3.77. The first-order valence-electron chi connectivity index (χ1n) is 21.6. The van der Waals surface area contributed by atoms with E-state index >= 15 is 0 Å². The van der Waals surface area contributed by atoms with Crippen LogP contribution in [0.5, 0.6) is 0 Å². The summed E-state index contributed by atoms with van der Waals surface area (Å²) in [5.41, 5.74) is 12.2. The van der Waals surface area contributed by atoms with Gasteiger partial charge < -0.3 is 0 Å². The Morgan fingerprint density at radius 2 is 0.873 bits per heavy atom. The summed E-state index contributed by atoms with van der Waals surface area (Å²) in [6.07, 6.45) is 0. The fraction of sp³-hybridized carbons (Fsp3) is 0. The summed E-state index contributed by atoms with van der Waals surface area (Å²) in [5, 5.41) is 4.89. The van der Waals surface area contributed by atoms with E-state index in [1.165, 1.54) is 50.3 Å². The van der Waals surface area contributed by atoms with Gasteiger partial charge in [-0.05, 0) is 0 Å². The van der Waals surface area contributed by atoms with Crippen LogP contribution >= 0.6 is 0 Å². The van der Waals surface area contributed by atoms with E-state index in [9.17, 15) is 0 Å². The summed E-state index contributed by atoms with van der Waals surface area (Å²) in [6, 6.07) is 84.0. The van der Waals surface area contributed by atoms with Gasteiger partial charge in [-0.25, -0.2) is 0 Å². The summed E-state index contributed by atoms with van der Waals surface area (Å²) in [4.78, 5) is 11.7. The number of benzene rings is 9. The van der Waals surface area contributed by atoms with Gasteiger partial charge in [0.15, 0.2) is 0 Å². The van der Waals surface area contributed by atoms with Crippen LogP contribution in [0, 0.1) is 0 Å². The van der Waals surface area contributed by atoms with Crippen molar-refractivity contribution in [1.82, 2.24) is 19.1 Å². The predicted molar refractivity (Wildman–Crippen MR) is 264 cm³/mol. The zero-order chi connectivity index (χ0) is 41.5. The van der Waals surface area contributed by atoms with E-state index in [-0.39, 0.29) is 0 Å². The predicted octanol–water partition coefficient (Wildman–Crippen LogP) is 11.4. The third kappa shape index (κ3) is 5.22. The quantitative estimate of drug-likeness (QED) is 0.156. The van der Waals surface area contributed by atoms with Gasteiger partial charge in [0.25, 0.3) is 0 Å². The second kappa shape index (κ2) is 14.1. The molecule has 0 saturated heterocycles. The molecule has 4 heterocycles. The molecular formula is C58H38GeN4.